The summed E-state index contributed by atoms with van der Waals surface area (Å²) in [7, 11) is 0. The molecule has 8 aromatic rings. The van der Waals surface area contributed by atoms with Crippen LogP contribution in [0.2, 0.25) is 0 Å². The number of hydrogen-bond donors (Lipinski definition) is 0. The van der Waals surface area contributed by atoms with Gasteiger partial charge in [0.15, 0.2) is 0 Å². The summed E-state index contributed by atoms with van der Waals surface area (Å²) in [5.41, 5.74) is 9.02. The molecule has 0 N–H and O–H groups in total. The van der Waals surface area contributed by atoms with Crippen LogP contribution in [0, 0.1) is 29.1 Å². The fraction of sp³-hybridized carbons (Fsp3) is 0.442. The number of hydrogen-bond acceptors (Lipinski definition) is 6. The van der Waals surface area contributed by atoms with Gasteiger partial charge in [0.05, 0.1) is 45.1 Å². The first-order valence-electron chi connectivity index (χ1n) is 19.2. The molecular weight excluding hydrogens is 622 g/mol. The highest BCUT2D eigenvalue weighted by Crippen LogP contribution is 2.76. The molecule has 0 saturated heterocycles. The summed E-state index contributed by atoms with van der Waals surface area (Å²) in [6.07, 6.45) is 16.7. The maximum atomic E-state index is 14.6. The highest BCUT2D eigenvalue weighted by atomic mass is 16.4. The Morgan fingerprint density at radius 2 is 1.16 bits per heavy atom. The minimum absolute atomic E-state index is 0.374. The second-order valence-corrected chi connectivity index (χ2v) is 18.0. The smallest absolute Gasteiger partial charge is 0.344 e. The van der Waals surface area contributed by atoms with Gasteiger partial charge in [0, 0.05) is 50.2 Å². The van der Waals surface area contributed by atoms with E-state index in [0.29, 0.717) is 56.4 Å². The Bertz CT molecular complexity index is 3050. The zero-order valence-corrected chi connectivity index (χ0v) is 27.6. The minimum atomic E-state index is -0.376. The fourth-order valence-corrected chi connectivity index (χ4v) is 15.0. The van der Waals surface area contributed by atoms with Crippen LogP contribution in [-0.4, -0.2) is 14.4 Å². The van der Waals surface area contributed by atoms with Gasteiger partial charge in [-0.25, -0.2) is 9.59 Å². The predicted octanol–water partition coefficient (Wildman–Crippen LogP) is 9.21. The SMILES string of the molecule is O=c1oc2cccc3oc(=O)c4c(c1c1c5c6c(ncc5n5c7cnc8c(c7c4c15)C1CC4CC5CC8CC54C1)C1CC4CC(C1)CC6C4)c23. The maximum Gasteiger partial charge on any atom is 0.344 e. The molecule has 5 fully saturated rings. The molecule has 0 aliphatic heterocycles. The zero-order chi connectivity index (χ0) is 32.1. The normalized spacial score (nSPS) is 34.6. The number of fused-ring (bicyclic) bond motifs is 14. The van der Waals surface area contributed by atoms with Crippen LogP contribution < -0.4 is 11.3 Å². The van der Waals surface area contributed by atoms with Gasteiger partial charge in [0.25, 0.3) is 0 Å². The molecule has 50 heavy (non-hydrogen) atoms. The number of pyridine rings is 2. The van der Waals surface area contributed by atoms with Crippen molar-refractivity contribution in [3.8, 4) is 0 Å². The lowest BCUT2D eigenvalue weighted by molar-refractivity contribution is 0.00321. The lowest BCUT2D eigenvalue weighted by Gasteiger charge is -2.48. The molecule has 244 valence electrons. The van der Waals surface area contributed by atoms with E-state index < -0.39 is 0 Å². The lowest BCUT2D eigenvalue weighted by Crippen LogP contribution is -2.41. The highest BCUT2D eigenvalue weighted by molar-refractivity contribution is 6.41. The Morgan fingerprint density at radius 3 is 1.84 bits per heavy atom. The topological polar surface area (TPSA) is 90.6 Å². The molecule has 2 aromatic carbocycles. The molecule has 7 bridgehead atoms. The zero-order valence-electron chi connectivity index (χ0n) is 27.6. The molecule has 8 aliphatic rings. The van der Waals surface area contributed by atoms with Crippen LogP contribution in [0.1, 0.15) is 110 Å². The number of rotatable bonds is 0. The van der Waals surface area contributed by atoms with E-state index in [0.717, 1.165) is 56.4 Å². The summed E-state index contributed by atoms with van der Waals surface area (Å²) in [6.45, 7) is 0. The molecule has 1 spiro atoms. The van der Waals surface area contributed by atoms with Gasteiger partial charge >= 0.3 is 11.3 Å². The number of aromatic nitrogens is 3. The average molecular weight is 656 g/mol. The summed E-state index contributed by atoms with van der Waals surface area (Å²) in [4.78, 5) is 39.9. The van der Waals surface area contributed by atoms with Crippen LogP contribution >= 0.6 is 0 Å². The minimum Gasteiger partial charge on any atom is -0.422 e. The fourth-order valence-electron chi connectivity index (χ4n) is 15.0. The van der Waals surface area contributed by atoms with Crippen LogP contribution in [-0.2, 0) is 0 Å². The molecule has 6 aromatic heterocycles. The van der Waals surface area contributed by atoms with E-state index in [1.165, 1.54) is 97.5 Å². The third kappa shape index (κ3) is 2.49. The van der Waals surface area contributed by atoms with Crippen molar-refractivity contribution < 1.29 is 8.83 Å². The summed E-state index contributed by atoms with van der Waals surface area (Å²) >= 11 is 0. The first-order valence-corrected chi connectivity index (χ1v) is 19.2. The second kappa shape index (κ2) is 7.70. The van der Waals surface area contributed by atoms with Crippen molar-refractivity contribution in [2.24, 2.45) is 29.1 Å². The summed E-state index contributed by atoms with van der Waals surface area (Å²) in [6, 6.07) is 5.49. The van der Waals surface area contributed by atoms with Gasteiger partial charge in [0.2, 0.25) is 0 Å². The Morgan fingerprint density at radius 1 is 0.580 bits per heavy atom. The van der Waals surface area contributed by atoms with E-state index in [4.69, 9.17) is 18.8 Å². The molecule has 7 nitrogen and oxygen atoms in total. The lowest BCUT2D eigenvalue weighted by atomic mass is 9.56. The Hall–Kier alpha value is -4.52. The van der Waals surface area contributed by atoms with Crippen molar-refractivity contribution in [3.05, 3.63) is 73.9 Å². The maximum absolute atomic E-state index is 14.6. The molecule has 0 radical (unpaired) electrons. The summed E-state index contributed by atoms with van der Waals surface area (Å²) in [5.74, 6) is 4.97. The monoisotopic (exact) mass is 655 g/mol. The molecule has 7 atom stereocenters. The van der Waals surface area contributed by atoms with E-state index >= 15 is 0 Å². The Kier molecular flexibility index (Phi) is 3.92. The molecule has 0 amide bonds. The molecule has 16 rings (SSSR count). The standard InChI is InChI=1S/C43H33N3O4/c47-41-36-33-32-26(49-41)2-1-3-27(32)50-42(48)37(33)35-31-25(15-45-39-21-10-23-11-22-9-20(29(31)39)12-43(22,23)13-21)46-24-14-44-38-19-7-16-4-17(8-19)6-18(5-16)28(38)30(24)34(36)40(35)46/h1-3,14-23H,4-13H2. The van der Waals surface area contributed by atoms with Crippen molar-refractivity contribution in [2.75, 3.05) is 0 Å². The van der Waals surface area contributed by atoms with Gasteiger partial charge < -0.3 is 13.2 Å². The van der Waals surface area contributed by atoms with E-state index in [-0.39, 0.29) is 11.3 Å². The largest absolute Gasteiger partial charge is 0.422 e. The van der Waals surface area contributed by atoms with Crippen molar-refractivity contribution >= 4 is 70.8 Å². The number of benzene rings is 2. The van der Waals surface area contributed by atoms with Gasteiger partial charge in [-0.15, -0.1) is 0 Å². The van der Waals surface area contributed by atoms with Crippen LogP contribution in [0.3, 0.4) is 0 Å². The van der Waals surface area contributed by atoms with Crippen LogP contribution in [0.5, 0.6) is 0 Å². The van der Waals surface area contributed by atoms with Gasteiger partial charge in [-0.1, -0.05) is 6.07 Å². The highest BCUT2D eigenvalue weighted by Gasteiger charge is 2.66. The van der Waals surface area contributed by atoms with Crippen LogP contribution in [0.15, 0.2) is 49.0 Å². The van der Waals surface area contributed by atoms with Crippen LogP contribution in [0.25, 0.3) is 70.8 Å². The Labute approximate surface area is 284 Å². The summed E-state index contributed by atoms with van der Waals surface area (Å²) < 4.78 is 14.7. The number of nitrogens with zero attached hydrogens (tertiary/aromatic N) is 3. The summed E-state index contributed by atoms with van der Waals surface area (Å²) in [5, 5.41) is 6.78. The molecule has 7 heteroatoms. The Balaban J connectivity index is 1.24. The van der Waals surface area contributed by atoms with E-state index in [2.05, 4.69) is 16.8 Å². The van der Waals surface area contributed by atoms with Crippen molar-refractivity contribution in [1.82, 2.24) is 14.4 Å². The van der Waals surface area contributed by atoms with Gasteiger partial charge in [0.1, 0.15) is 11.2 Å². The first kappa shape index (κ1) is 25.4. The van der Waals surface area contributed by atoms with Gasteiger partial charge in [-0.3, -0.25) is 9.97 Å². The van der Waals surface area contributed by atoms with Crippen molar-refractivity contribution in [1.29, 1.82) is 0 Å². The third-order valence-corrected chi connectivity index (χ3v) is 16.3. The van der Waals surface area contributed by atoms with Crippen molar-refractivity contribution in [2.45, 2.75) is 87.9 Å². The van der Waals surface area contributed by atoms with Gasteiger partial charge in [-0.2, -0.15) is 0 Å². The van der Waals surface area contributed by atoms with E-state index in [9.17, 15) is 9.59 Å². The molecule has 5 saturated carbocycles. The molecule has 7 unspecified atom stereocenters. The average Bonchev–Trinajstić information content (AvgIpc) is 3.75. The molecule has 8 aliphatic carbocycles. The first-order chi connectivity index (χ1) is 24.5. The third-order valence-electron chi connectivity index (χ3n) is 16.3. The molecule has 6 heterocycles. The van der Waals surface area contributed by atoms with E-state index in [1.54, 1.807) is 0 Å². The van der Waals surface area contributed by atoms with E-state index in [1.807, 2.05) is 18.2 Å². The van der Waals surface area contributed by atoms with Gasteiger partial charge in [-0.05, 0) is 128 Å². The predicted molar refractivity (Wildman–Crippen MR) is 191 cm³/mol. The quantitative estimate of drug-likeness (QED) is 0.120. The molecular formula is C43H33N3O4. The van der Waals surface area contributed by atoms with Crippen LogP contribution in [0.4, 0.5) is 0 Å². The second-order valence-electron chi connectivity index (χ2n) is 18.0. The van der Waals surface area contributed by atoms with Crippen molar-refractivity contribution in [3.63, 3.8) is 0 Å².